The Morgan fingerprint density at radius 2 is 2.00 bits per heavy atom. The number of nitrogens with zero attached hydrogens (tertiary/aromatic N) is 4. The van der Waals surface area contributed by atoms with Crippen molar-refractivity contribution in [3.63, 3.8) is 0 Å². The SMILES string of the molecule is Cn1cc(-c2c[nH]c3ncc([C@H]4CC[C@H](N5CCC(F)(F)C5)CC4)cc23)cn1. The van der Waals surface area contributed by atoms with E-state index < -0.39 is 5.92 Å². The van der Waals surface area contributed by atoms with Crippen molar-refractivity contribution in [2.75, 3.05) is 13.1 Å². The third-order valence-electron chi connectivity index (χ3n) is 6.45. The van der Waals surface area contributed by atoms with E-state index in [0.29, 0.717) is 18.5 Å². The molecule has 0 atom stereocenters. The van der Waals surface area contributed by atoms with Crippen LogP contribution in [0.1, 0.15) is 43.6 Å². The van der Waals surface area contributed by atoms with Crippen molar-refractivity contribution in [2.24, 2.45) is 7.05 Å². The molecule has 4 heterocycles. The topological polar surface area (TPSA) is 49.7 Å². The lowest BCUT2D eigenvalue weighted by Crippen LogP contribution is -2.37. The molecule has 3 aromatic rings. The fraction of sp³-hybridized carbons (Fsp3) is 0.524. The van der Waals surface area contributed by atoms with E-state index in [9.17, 15) is 8.78 Å². The first-order valence-corrected chi connectivity index (χ1v) is 10.1. The molecule has 5 rings (SSSR count). The van der Waals surface area contributed by atoms with Crippen LogP contribution in [0.2, 0.25) is 0 Å². The number of fused-ring (bicyclic) bond motifs is 1. The molecule has 3 aromatic heterocycles. The van der Waals surface area contributed by atoms with Gasteiger partial charge in [-0.25, -0.2) is 13.8 Å². The lowest BCUT2D eigenvalue weighted by molar-refractivity contribution is 0.00517. The van der Waals surface area contributed by atoms with Crippen LogP contribution in [0, 0.1) is 0 Å². The van der Waals surface area contributed by atoms with Gasteiger partial charge in [0.2, 0.25) is 0 Å². The van der Waals surface area contributed by atoms with Crippen molar-refractivity contribution >= 4 is 11.0 Å². The van der Waals surface area contributed by atoms with Gasteiger partial charge >= 0.3 is 0 Å². The van der Waals surface area contributed by atoms with Crippen LogP contribution in [0.15, 0.2) is 30.9 Å². The summed E-state index contributed by atoms with van der Waals surface area (Å²) in [5.41, 5.74) is 4.33. The average Bonchev–Trinajstić information content (AvgIpc) is 3.39. The first-order chi connectivity index (χ1) is 13.5. The van der Waals surface area contributed by atoms with Crippen molar-refractivity contribution in [3.05, 3.63) is 36.4 Å². The molecule has 1 aliphatic carbocycles. The molecule has 5 nitrogen and oxygen atoms in total. The number of halogens is 2. The van der Waals surface area contributed by atoms with Gasteiger partial charge in [0.15, 0.2) is 0 Å². The van der Waals surface area contributed by atoms with Crippen LogP contribution in [0.4, 0.5) is 8.78 Å². The number of aromatic nitrogens is 4. The molecule has 148 valence electrons. The highest BCUT2D eigenvalue weighted by Gasteiger charge is 2.41. The highest BCUT2D eigenvalue weighted by Crippen LogP contribution is 2.39. The van der Waals surface area contributed by atoms with Crippen LogP contribution in [0.5, 0.6) is 0 Å². The van der Waals surface area contributed by atoms with Crippen LogP contribution in [-0.4, -0.2) is 49.7 Å². The van der Waals surface area contributed by atoms with Crippen LogP contribution in [-0.2, 0) is 7.05 Å². The Morgan fingerprint density at radius 3 is 2.68 bits per heavy atom. The largest absolute Gasteiger partial charge is 0.346 e. The van der Waals surface area contributed by atoms with Gasteiger partial charge < -0.3 is 4.98 Å². The zero-order chi connectivity index (χ0) is 19.3. The van der Waals surface area contributed by atoms with Crippen LogP contribution >= 0.6 is 0 Å². The Morgan fingerprint density at radius 1 is 1.18 bits per heavy atom. The first-order valence-electron chi connectivity index (χ1n) is 10.1. The Balaban J connectivity index is 1.33. The lowest BCUT2D eigenvalue weighted by atomic mass is 9.81. The molecule has 7 heteroatoms. The summed E-state index contributed by atoms with van der Waals surface area (Å²) in [6.07, 6.45) is 11.9. The molecule has 0 amide bonds. The van der Waals surface area contributed by atoms with E-state index in [1.165, 1.54) is 5.56 Å². The van der Waals surface area contributed by atoms with Gasteiger partial charge in [-0.2, -0.15) is 5.10 Å². The molecule has 0 unspecified atom stereocenters. The molecule has 0 aromatic carbocycles. The number of rotatable bonds is 3. The number of hydrogen-bond acceptors (Lipinski definition) is 3. The summed E-state index contributed by atoms with van der Waals surface area (Å²) in [6.45, 7) is 0.474. The number of pyridine rings is 1. The number of H-pyrrole nitrogens is 1. The van der Waals surface area contributed by atoms with Crippen molar-refractivity contribution in [2.45, 2.75) is 50.0 Å². The van der Waals surface area contributed by atoms with Gasteiger partial charge in [-0.05, 0) is 43.2 Å². The van der Waals surface area contributed by atoms with E-state index in [0.717, 1.165) is 47.8 Å². The van der Waals surface area contributed by atoms with Gasteiger partial charge in [0.05, 0.1) is 12.7 Å². The van der Waals surface area contributed by atoms with Crippen LogP contribution in [0.3, 0.4) is 0 Å². The first kappa shape index (κ1) is 17.8. The van der Waals surface area contributed by atoms with Gasteiger partial charge in [0.1, 0.15) is 5.65 Å². The number of aryl methyl sites for hydroxylation is 1. The molecule has 0 bridgehead atoms. The van der Waals surface area contributed by atoms with E-state index in [2.05, 4.69) is 21.1 Å². The van der Waals surface area contributed by atoms with E-state index in [1.807, 2.05) is 36.7 Å². The van der Waals surface area contributed by atoms with Gasteiger partial charge in [0, 0.05) is 61.2 Å². The fourth-order valence-electron chi connectivity index (χ4n) is 4.89. The smallest absolute Gasteiger partial charge is 0.261 e. The number of likely N-dealkylation sites (tertiary alicyclic amines) is 1. The predicted molar refractivity (Wildman–Crippen MR) is 104 cm³/mol. The number of hydrogen-bond donors (Lipinski definition) is 1. The average molecular weight is 385 g/mol. The maximum Gasteiger partial charge on any atom is 0.261 e. The zero-order valence-electron chi connectivity index (χ0n) is 16.0. The molecule has 0 spiro atoms. The Bertz CT molecular complexity index is 984. The minimum atomic E-state index is -2.50. The van der Waals surface area contributed by atoms with Gasteiger partial charge in [-0.3, -0.25) is 9.58 Å². The molecule has 28 heavy (non-hydrogen) atoms. The second kappa shape index (κ2) is 6.65. The fourth-order valence-corrected chi connectivity index (χ4v) is 4.89. The van der Waals surface area contributed by atoms with Gasteiger partial charge in [-0.1, -0.05) is 0 Å². The van der Waals surface area contributed by atoms with E-state index in [4.69, 9.17) is 0 Å². The lowest BCUT2D eigenvalue weighted by Gasteiger charge is -2.34. The van der Waals surface area contributed by atoms with Gasteiger partial charge in [-0.15, -0.1) is 0 Å². The van der Waals surface area contributed by atoms with Crippen LogP contribution < -0.4 is 0 Å². The molecular weight excluding hydrogens is 360 g/mol. The Hall–Kier alpha value is -2.28. The van der Waals surface area contributed by atoms with E-state index in [-0.39, 0.29) is 13.0 Å². The predicted octanol–water partition coefficient (Wildman–Crippen LogP) is 4.33. The maximum atomic E-state index is 13.5. The van der Waals surface area contributed by atoms with Gasteiger partial charge in [0.25, 0.3) is 5.92 Å². The number of nitrogens with one attached hydrogen (secondary N) is 1. The zero-order valence-corrected chi connectivity index (χ0v) is 16.0. The molecule has 1 aliphatic heterocycles. The van der Waals surface area contributed by atoms with Crippen LogP contribution in [0.25, 0.3) is 22.2 Å². The molecule has 1 N–H and O–H groups in total. The summed E-state index contributed by atoms with van der Waals surface area (Å²) >= 11 is 0. The minimum absolute atomic E-state index is 0.0120. The maximum absolute atomic E-state index is 13.5. The molecule has 1 saturated heterocycles. The van der Waals surface area contributed by atoms with Crippen molar-refractivity contribution in [1.29, 1.82) is 0 Å². The second-order valence-electron chi connectivity index (χ2n) is 8.35. The molecule has 0 radical (unpaired) electrons. The summed E-state index contributed by atoms with van der Waals surface area (Å²) in [7, 11) is 1.91. The molecule has 2 aliphatic rings. The number of alkyl halides is 2. The van der Waals surface area contributed by atoms with E-state index >= 15 is 0 Å². The molecule has 2 fully saturated rings. The monoisotopic (exact) mass is 385 g/mol. The molecule has 1 saturated carbocycles. The third-order valence-corrected chi connectivity index (χ3v) is 6.45. The van der Waals surface area contributed by atoms with Crippen molar-refractivity contribution in [1.82, 2.24) is 24.6 Å². The summed E-state index contributed by atoms with van der Waals surface area (Å²) in [6, 6.07) is 2.55. The highest BCUT2D eigenvalue weighted by molar-refractivity contribution is 5.93. The summed E-state index contributed by atoms with van der Waals surface area (Å²) in [4.78, 5) is 9.89. The standard InChI is InChI=1S/C21H25F2N5/c1-27-12-16(10-26-27)19-11-25-20-18(19)8-15(9-24-20)14-2-4-17(5-3-14)28-7-6-21(22,23)13-28/h8-12,14,17H,2-7,13H2,1H3,(H,24,25)/t14-,17-. The summed E-state index contributed by atoms with van der Waals surface area (Å²) in [5.74, 6) is -2.05. The molecular formula is C21H25F2N5. The van der Waals surface area contributed by atoms with Crippen molar-refractivity contribution < 1.29 is 8.78 Å². The Kier molecular flexibility index (Phi) is 4.23. The summed E-state index contributed by atoms with van der Waals surface area (Å²) < 4.78 is 28.9. The normalized spacial score (nSPS) is 25.5. The third kappa shape index (κ3) is 3.21. The Labute approximate surface area is 162 Å². The highest BCUT2D eigenvalue weighted by atomic mass is 19.3. The van der Waals surface area contributed by atoms with E-state index in [1.54, 1.807) is 4.68 Å². The minimum Gasteiger partial charge on any atom is -0.346 e. The summed E-state index contributed by atoms with van der Waals surface area (Å²) in [5, 5.41) is 5.39. The second-order valence-corrected chi connectivity index (χ2v) is 8.35. The number of aromatic amines is 1. The quantitative estimate of drug-likeness (QED) is 0.730. The van der Waals surface area contributed by atoms with Crippen molar-refractivity contribution in [3.8, 4) is 11.1 Å².